The Bertz CT molecular complexity index is 554. The predicted molar refractivity (Wildman–Crippen MR) is 77.9 cm³/mol. The molecule has 0 aliphatic carbocycles. The maximum absolute atomic E-state index is 11.3. The van der Waals surface area contributed by atoms with Crippen LogP contribution in [0.4, 0.5) is 0 Å². The monoisotopic (exact) mass is 276 g/mol. The highest BCUT2D eigenvalue weighted by Crippen LogP contribution is 2.36. The first-order chi connectivity index (χ1) is 9.07. The third-order valence-corrected chi connectivity index (χ3v) is 4.42. The van der Waals surface area contributed by atoms with Gasteiger partial charge in [-0.2, -0.15) is 0 Å². The molecular formula is C14H21BN2O3. The van der Waals surface area contributed by atoms with Crippen molar-refractivity contribution in [3.63, 3.8) is 0 Å². The Kier molecular flexibility index (Phi) is 3.43. The van der Waals surface area contributed by atoms with E-state index in [1.54, 1.807) is 6.20 Å². The summed E-state index contributed by atoms with van der Waals surface area (Å²) < 4.78 is 12.0. The van der Waals surface area contributed by atoms with Crippen LogP contribution in [0.2, 0.25) is 0 Å². The van der Waals surface area contributed by atoms with Gasteiger partial charge in [-0.25, -0.2) is 0 Å². The lowest BCUT2D eigenvalue weighted by Crippen LogP contribution is -2.41. The van der Waals surface area contributed by atoms with Gasteiger partial charge in [0.1, 0.15) is 5.69 Å². The average molecular weight is 276 g/mol. The Morgan fingerprint density at radius 1 is 1.15 bits per heavy atom. The fourth-order valence-electron chi connectivity index (χ4n) is 2.18. The highest BCUT2D eigenvalue weighted by atomic mass is 16.7. The van der Waals surface area contributed by atoms with Gasteiger partial charge in [0, 0.05) is 11.7 Å². The molecule has 5 nitrogen and oxygen atoms in total. The van der Waals surface area contributed by atoms with E-state index in [0.717, 1.165) is 16.6 Å². The molecule has 2 heterocycles. The van der Waals surface area contributed by atoms with Crippen LogP contribution in [0.25, 0.3) is 0 Å². The van der Waals surface area contributed by atoms with Crippen LogP contribution < -0.4 is 11.2 Å². The fourth-order valence-corrected chi connectivity index (χ4v) is 2.18. The number of nitrogens with zero attached hydrogens (tertiary/aromatic N) is 1. The molecule has 0 unspecified atom stereocenters. The number of carbonyl (C=O) groups excluding carboxylic acids is 1. The molecule has 1 fully saturated rings. The maximum Gasteiger partial charge on any atom is 0.496 e. The van der Waals surface area contributed by atoms with Gasteiger partial charge < -0.3 is 15.0 Å². The Balaban J connectivity index is 2.42. The van der Waals surface area contributed by atoms with Gasteiger partial charge in [0.05, 0.1) is 11.2 Å². The molecule has 20 heavy (non-hydrogen) atoms. The number of primary amides is 1. The van der Waals surface area contributed by atoms with E-state index in [9.17, 15) is 4.79 Å². The first-order valence-corrected chi connectivity index (χ1v) is 6.68. The molecule has 0 atom stereocenters. The second-order valence-corrected chi connectivity index (χ2v) is 6.26. The molecule has 0 radical (unpaired) electrons. The molecule has 1 saturated heterocycles. The number of amides is 1. The summed E-state index contributed by atoms with van der Waals surface area (Å²) >= 11 is 0. The molecule has 0 aromatic carbocycles. The van der Waals surface area contributed by atoms with Crippen LogP contribution in [0.5, 0.6) is 0 Å². The van der Waals surface area contributed by atoms with E-state index in [2.05, 4.69) is 4.98 Å². The number of carbonyl (C=O) groups is 1. The van der Waals surface area contributed by atoms with Crippen molar-refractivity contribution in [2.24, 2.45) is 5.73 Å². The van der Waals surface area contributed by atoms with E-state index < -0.39 is 24.2 Å². The summed E-state index contributed by atoms with van der Waals surface area (Å²) in [6, 6.07) is 0. The average Bonchev–Trinajstić information content (AvgIpc) is 2.51. The summed E-state index contributed by atoms with van der Waals surface area (Å²) in [4.78, 5) is 15.5. The molecule has 0 saturated carbocycles. The summed E-state index contributed by atoms with van der Waals surface area (Å²) in [5.41, 5.74) is 7.33. The zero-order chi connectivity index (χ0) is 15.3. The van der Waals surface area contributed by atoms with Crippen LogP contribution in [0, 0.1) is 13.8 Å². The summed E-state index contributed by atoms with van der Waals surface area (Å²) in [6.07, 6.45) is 1.62. The lowest BCUT2D eigenvalue weighted by Gasteiger charge is -2.32. The number of nitrogens with two attached hydrogens (primary N) is 1. The molecule has 2 rings (SSSR count). The number of aromatic nitrogens is 1. The van der Waals surface area contributed by atoms with E-state index >= 15 is 0 Å². The first-order valence-electron chi connectivity index (χ1n) is 6.68. The quantitative estimate of drug-likeness (QED) is 0.821. The van der Waals surface area contributed by atoms with Gasteiger partial charge in [0.2, 0.25) is 0 Å². The maximum atomic E-state index is 11.3. The number of pyridine rings is 1. The van der Waals surface area contributed by atoms with Gasteiger partial charge in [-0.15, -0.1) is 0 Å². The van der Waals surface area contributed by atoms with Gasteiger partial charge in [0.15, 0.2) is 0 Å². The number of hydrogen-bond acceptors (Lipinski definition) is 4. The van der Waals surface area contributed by atoms with Gasteiger partial charge in [-0.05, 0) is 52.7 Å². The van der Waals surface area contributed by atoms with Crippen LogP contribution in [-0.4, -0.2) is 29.2 Å². The molecular weight excluding hydrogens is 255 g/mol. The zero-order valence-corrected chi connectivity index (χ0v) is 12.9. The highest BCUT2D eigenvalue weighted by molar-refractivity contribution is 6.62. The largest absolute Gasteiger partial charge is 0.496 e. The van der Waals surface area contributed by atoms with E-state index in [4.69, 9.17) is 15.0 Å². The van der Waals surface area contributed by atoms with Crippen LogP contribution in [0.15, 0.2) is 6.20 Å². The molecule has 0 spiro atoms. The van der Waals surface area contributed by atoms with Gasteiger partial charge in [0.25, 0.3) is 5.91 Å². The Morgan fingerprint density at radius 2 is 1.65 bits per heavy atom. The van der Waals surface area contributed by atoms with E-state index in [1.165, 1.54) is 0 Å². The minimum atomic E-state index is -0.522. The molecule has 1 aromatic rings. The van der Waals surface area contributed by atoms with Crippen molar-refractivity contribution in [2.75, 3.05) is 0 Å². The highest BCUT2D eigenvalue weighted by Gasteiger charge is 2.52. The van der Waals surface area contributed by atoms with Crippen molar-refractivity contribution in [3.8, 4) is 0 Å². The molecule has 0 bridgehead atoms. The Labute approximate surface area is 120 Å². The molecule has 1 aromatic heterocycles. The van der Waals surface area contributed by atoms with Crippen molar-refractivity contribution in [1.29, 1.82) is 0 Å². The van der Waals surface area contributed by atoms with Crippen LogP contribution >= 0.6 is 0 Å². The summed E-state index contributed by atoms with van der Waals surface area (Å²) in [5, 5.41) is 0. The minimum absolute atomic E-state index is 0.294. The normalized spacial score (nSPS) is 20.2. The zero-order valence-electron chi connectivity index (χ0n) is 12.9. The molecule has 2 N–H and O–H groups in total. The lowest BCUT2D eigenvalue weighted by molar-refractivity contribution is 0.00578. The van der Waals surface area contributed by atoms with Crippen molar-refractivity contribution >= 4 is 18.5 Å². The van der Waals surface area contributed by atoms with Gasteiger partial charge >= 0.3 is 7.12 Å². The van der Waals surface area contributed by atoms with Crippen molar-refractivity contribution < 1.29 is 14.1 Å². The Hall–Kier alpha value is -1.40. The predicted octanol–water partition coefficient (Wildman–Crippen LogP) is 1.10. The third kappa shape index (κ3) is 2.23. The molecule has 1 aliphatic rings. The van der Waals surface area contributed by atoms with Crippen LogP contribution in [-0.2, 0) is 9.31 Å². The molecule has 1 amide bonds. The molecule has 1 aliphatic heterocycles. The second kappa shape index (κ2) is 4.57. The number of rotatable bonds is 2. The lowest BCUT2D eigenvalue weighted by atomic mass is 9.76. The van der Waals surface area contributed by atoms with Crippen molar-refractivity contribution in [3.05, 3.63) is 23.0 Å². The molecule has 6 heteroatoms. The van der Waals surface area contributed by atoms with Crippen molar-refractivity contribution in [1.82, 2.24) is 4.98 Å². The first kappa shape index (κ1) is 15.0. The van der Waals surface area contributed by atoms with Crippen LogP contribution in [0.3, 0.4) is 0 Å². The summed E-state index contributed by atoms with van der Waals surface area (Å²) in [5.74, 6) is -0.522. The van der Waals surface area contributed by atoms with Crippen molar-refractivity contribution in [2.45, 2.75) is 52.7 Å². The fraction of sp³-hybridized carbons (Fsp3) is 0.571. The molecule has 108 valence electrons. The van der Waals surface area contributed by atoms with Crippen LogP contribution in [0.1, 0.15) is 49.3 Å². The van der Waals surface area contributed by atoms with Gasteiger partial charge in [-0.1, -0.05) is 0 Å². The summed E-state index contributed by atoms with van der Waals surface area (Å²) in [6.45, 7) is 11.8. The minimum Gasteiger partial charge on any atom is -0.399 e. The summed E-state index contributed by atoms with van der Waals surface area (Å²) in [7, 11) is -0.479. The number of hydrogen-bond donors (Lipinski definition) is 1. The van der Waals surface area contributed by atoms with E-state index in [1.807, 2.05) is 41.5 Å². The topological polar surface area (TPSA) is 74.4 Å². The standard InChI is InChI=1S/C14H21BN2O3/c1-8-9(2)11(12(16)18)17-7-10(8)15-19-13(3,4)14(5,6)20-15/h7H,1-6H3,(H2,16,18). The van der Waals surface area contributed by atoms with Gasteiger partial charge in [-0.3, -0.25) is 9.78 Å². The smallest absolute Gasteiger partial charge is 0.399 e. The SMILES string of the molecule is Cc1c(B2OC(C)(C)C(C)(C)O2)cnc(C(N)=O)c1C. The van der Waals surface area contributed by atoms with E-state index in [-0.39, 0.29) is 0 Å². The van der Waals surface area contributed by atoms with E-state index in [0.29, 0.717) is 5.69 Å². The third-order valence-electron chi connectivity index (χ3n) is 4.42. The Morgan fingerprint density at radius 3 is 2.10 bits per heavy atom. The second-order valence-electron chi connectivity index (χ2n) is 6.26.